The Kier molecular flexibility index (Phi) is 10.9. The summed E-state index contributed by atoms with van der Waals surface area (Å²) in [6.07, 6.45) is 3.00. The molecule has 2 aliphatic rings. The van der Waals surface area contributed by atoms with E-state index in [4.69, 9.17) is 0 Å². The van der Waals surface area contributed by atoms with Crippen molar-refractivity contribution in [3.63, 3.8) is 0 Å². The first-order chi connectivity index (χ1) is 19.2. The summed E-state index contributed by atoms with van der Waals surface area (Å²) in [5.74, 6) is -3.45. The fourth-order valence-electron chi connectivity index (χ4n) is 5.33. The highest BCUT2D eigenvalue weighted by atomic mass is 19.2. The molecule has 0 bridgehead atoms. The third-order valence-corrected chi connectivity index (χ3v) is 7.75. The Bertz CT molecular complexity index is 1260. The van der Waals surface area contributed by atoms with Crippen molar-refractivity contribution in [3.8, 4) is 6.07 Å². The minimum atomic E-state index is -1.27. The lowest BCUT2D eigenvalue weighted by Gasteiger charge is -2.41. The molecule has 0 radical (unpaired) electrons. The van der Waals surface area contributed by atoms with Crippen molar-refractivity contribution >= 4 is 17.4 Å². The number of amides is 2. The second-order valence-corrected chi connectivity index (χ2v) is 10.2. The molecule has 0 aliphatic carbocycles. The second-order valence-electron chi connectivity index (χ2n) is 10.2. The van der Waals surface area contributed by atoms with Gasteiger partial charge in [0.05, 0.1) is 11.8 Å². The van der Waals surface area contributed by atoms with Crippen LogP contribution in [0.4, 0.5) is 18.0 Å². The van der Waals surface area contributed by atoms with Gasteiger partial charge in [0, 0.05) is 61.3 Å². The van der Waals surface area contributed by atoms with Crippen LogP contribution < -0.4 is 0 Å². The molecule has 0 aromatic heterocycles. The molecule has 0 N–H and O–H groups in total. The summed E-state index contributed by atoms with van der Waals surface area (Å²) in [5, 5.41) is 9.21. The van der Waals surface area contributed by atoms with Crippen LogP contribution in [0.5, 0.6) is 0 Å². The number of halogens is 3. The van der Waals surface area contributed by atoms with Crippen LogP contribution >= 0.6 is 0 Å². The van der Waals surface area contributed by atoms with Gasteiger partial charge in [-0.15, -0.1) is 0 Å². The third kappa shape index (κ3) is 7.32. The minimum absolute atomic E-state index is 0.00442. The number of benzene rings is 2. The van der Waals surface area contributed by atoms with Crippen LogP contribution in [0, 0.1) is 40.6 Å². The molecule has 2 aliphatic heterocycles. The Balaban J connectivity index is 0.00000216. The Morgan fingerprint density at radius 3 is 2.25 bits per heavy atom. The van der Waals surface area contributed by atoms with Crippen molar-refractivity contribution in [2.75, 3.05) is 26.2 Å². The predicted molar refractivity (Wildman–Crippen MR) is 153 cm³/mol. The smallest absolute Gasteiger partial charge is 0.320 e. The fraction of sp³-hybridized carbons (Fsp3) is 0.469. The quantitative estimate of drug-likeness (QED) is 0.284. The largest absolute Gasteiger partial charge is 0.325 e. The monoisotopic (exact) mass is 552 g/mol. The second kappa shape index (κ2) is 14.2. The van der Waals surface area contributed by atoms with Gasteiger partial charge in [-0.2, -0.15) is 5.26 Å². The highest BCUT2D eigenvalue weighted by molar-refractivity contribution is 5.90. The average Bonchev–Trinajstić information content (AvgIpc) is 2.99. The number of aliphatic imine (C=N–C) groups is 1. The zero-order valence-electron chi connectivity index (χ0n) is 23.9. The Morgan fingerprint density at radius 2 is 1.65 bits per heavy atom. The van der Waals surface area contributed by atoms with Crippen LogP contribution in [0.3, 0.4) is 0 Å². The summed E-state index contributed by atoms with van der Waals surface area (Å²) in [4.78, 5) is 21.7. The van der Waals surface area contributed by atoms with Gasteiger partial charge in [0.25, 0.3) is 0 Å². The summed E-state index contributed by atoms with van der Waals surface area (Å²) in [6.45, 7) is 13.8. The molecule has 40 heavy (non-hydrogen) atoms. The van der Waals surface area contributed by atoms with E-state index in [9.17, 15) is 23.2 Å². The van der Waals surface area contributed by atoms with Gasteiger partial charge in [-0.3, -0.25) is 4.99 Å². The van der Waals surface area contributed by atoms with E-state index >= 15 is 0 Å². The van der Waals surface area contributed by atoms with Gasteiger partial charge in [0.1, 0.15) is 5.82 Å². The van der Waals surface area contributed by atoms with Crippen molar-refractivity contribution in [2.24, 2.45) is 16.8 Å². The molecule has 2 heterocycles. The Hall–Kier alpha value is -3.60. The van der Waals surface area contributed by atoms with E-state index in [-0.39, 0.29) is 35.0 Å². The molecule has 2 aromatic rings. The van der Waals surface area contributed by atoms with Crippen LogP contribution in [0.25, 0.3) is 5.70 Å². The summed E-state index contributed by atoms with van der Waals surface area (Å²) in [7, 11) is 0. The molecule has 2 atom stereocenters. The Labute approximate surface area is 236 Å². The highest BCUT2D eigenvalue weighted by Gasteiger charge is 2.35. The molecule has 5 nitrogen and oxygen atoms in total. The van der Waals surface area contributed by atoms with Crippen molar-refractivity contribution in [3.05, 3.63) is 77.1 Å². The summed E-state index contributed by atoms with van der Waals surface area (Å²) >= 11 is 0. The van der Waals surface area contributed by atoms with Crippen molar-refractivity contribution in [1.29, 1.82) is 5.26 Å². The predicted octanol–water partition coefficient (Wildman–Crippen LogP) is 7.59. The van der Waals surface area contributed by atoms with E-state index in [0.717, 1.165) is 24.5 Å². The van der Waals surface area contributed by atoms with Gasteiger partial charge in [0.2, 0.25) is 0 Å². The Morgan fingerprint density at radius 1 is 1.02 bits per heavy atom. The maximum atomic E-state index is 14.3. The lowest BCUT2D eigenvalue weighted by Crippen LogP contribution is -2.52. The van der Waals surface area contributed by atoms with E-state index in [0.29, 0.717) is 50.8 Å². The van der Waals surface area contributed by atoms with E-state index in [1.165, 1.54) is 5.56 Å². The topological polar surface area (TPSA) is 59.7 Å². The number of rotatable bonds is 5. The number of hydrogen-bond donors (Lipinski definition) is 0. The lowest BCUT2D eigenvalue weighted by atomic mass is 9.82. The van der Waals surface area contributed by atoms with Gasteiger partial charge in [0.15, 0.2) is 11.6 Å². The highest BCUT2D eigenvalue weighted by Crippen LogP contribution is 2.33. The maximum absolute atomic E-state index is 14.3. The summed E-state index contributed by atoms with van der Waals surface area (Å²) < 4.78 is 41.5. The van der Waals surface area contributed by atoms with Gasteiger partial charge >= 0.3 is 6.03 Å². The van der Waals surface area contributed by atoms with Gasteiger partial charge in [-0.25, -0.2) is 18.0 Å². The first-order valence-electron chi connectivity index (χ1n) is 14.1. The van der Waals surface area contributed by atoms with Gasteiger partial charge in [-0.1, -0.05) is 51.6 Å². The van der Waals surface area contributed by atoms with E-state index in [1.807, 2.05) is 23.6 Å². The number of nitriles is 1. The van der Waals surface area contributed by atoms with E-state index < -0.39 is 17.5 Å². The average molecular weight is 553 g/mol. The number of piperidine rings is 2. The molecular weight excluding hydrogens is 513 g/mol. The summed E-state index contributed by atoms with van der Waals surface area (Å²) in [6, 6.07) is 11.9. The minimum Gasteiger partial charge on any atom is -0.325 e. The van der Waals surface area contributed by atoms with Gasteiger partial charge < -0.3 is 9.80 Å². The van der Waals surface area contributed by atoms with Crippen molar-refractivity contribution in [2.45, 2.75) is 59.3 Å². The van der Waals surface area contributed by atoms with Crippen LogP contribution in [0.15, 0.2) is 48.0 Å². The number of aryl methyl sites for hydroxylation is 1. The SMILES string of the molecule is C=C(N=C(C)C1CC(c2ccc(CC)cc2)CN(C(=O)N2CCC(C#N)CC2)C1)c1cc(F)c(F)cc1F.CC. The van der Waals surface area contributed by atoms with Crippen LogP contribution in [-0.2, 0) is 6.42 Å². The molecule has 0 spiro atoms. The molecule has 4 rings (SSSR count). The van der Waals surface area contributed by atoms with Crippen LogP contribution in [0.1, 0.15) is 69.6 Å². The lowest BCUT2D eigenvalue weighted by molar-refractivity contribution is 0.119. The third-order valence-electron chi connectivity index (χ3n) is 7.75. The van der Waals surface area contributed by atoms with E-state index in [2.05, 4.69) is 48.8 Å². The molecule has 214 valence electrons. The molecule has 2 aromatic carbocycles. The number of hydrogen-bond acceptors (Lipinski definition) is 3. The fourth-order valence-corrected chi connectivity index (χ4v) is 5.33. The maximum Gasteiger partial charge on any atom is 0.320 e. The zero-order valence-corrected chi connectivity index (χ0v) is 23.9. The number of carbonyl (C=O) groups excluding carboxylic acids is 1. The molecule has 2 saturated heterocycles. The number of likely N-dealkylation sites (tertiary alicyclic amines) is 2. The zero-order chi connectivity index (χ0) is 29.4. The summed E-state index contributed by atoms with van der Waals surface area (Å²) in [5.41, 5.74) is 2.82. The van der Waals surface area contributed by atoms with Crippen LogP contribution in [-0.4, -0.2) is 47.7 Å². The molecule has 2 fully saturated rings. The standard InChI is InChI=1S/C30H33F3N4O.C2H6/c1-4-21-5-7-23(8-6-21)25-13-24(17-37(18-25)30(38)36-11-9-22(16-34)10-12-36)19(2)35-20(3)26-14-28(32)29(33)15-27(26)31;1-2/h5-8,14-15,22,24-25H,3-4,9-13,17-18H2,1-2H3;1-2H3. The molecule has 0 saturated carbocycles. The first-order valence-corrected chi connectivity index (χ1v) is 14.1. The number of urea groups is 1. The van der Waals surface area contributed by atoms with Crippen molar-refractivity contribution in [1.82, 2.24) is 9.80 Å². The van der Waals surface area contributed by atoms with Gasteiger partial charge in [-0.05, 0) is 49.8 Å². The number of carbonyl (C=O) groups is 1. The van der Waals surface area contributed by atoms with Crippen molar-refractivity contribution < 1.29 is 18.0 Å². The van der Waals surface area contributed by atoms with Crippen LogP contribution in [0.2, 0.25) is 0 Å². The first kappa shape index (κ1) is 30.9. The molecular formula is C32H39F3N4O. The molecule has 2 amide bonds. The normalized spacial score (nSPS) is 19.9. The van der Waals surface area contributed by atoms with E-state index in [1.54, 1.807) is 6.92 Å². The molecule has 8 heteroatoms. The molecule has 2 unspecified atom stereocenters. The number of nitrogens with zero attached hydrogens (tertiary/aromatic N) is 4.